The van der Waals surface area contributed by atoms with E-state index in [1.54, 1.807) is 0 Å². The van der Waals surface area contributed by atoms with Gasteiger partial charge in [-0.15, -0.1) is 6.58 Å². The molecule has 1 aliphatic carbocycles. The number of nitrogens with one attached hydrogen (secondary N) is 1. The van der Waals surface area contributed by atoms with E-state index in [4.69, 9.17) is 4.74 Å². The van der Waals surface area contributed by atoms with Gasteiger partial charge in [0.15, 0.2) is 6.10 Å². The van der Waals surface area contributed by atoms with Gasteiger partial charge in [0.2, 0.25) is 0 Å². The van der Waals surface area contributed by atoms with Crippen molar-refractivity contribution in [1.82, 2.24) is 10.2 Å². The number of carbonyl (C=O) groups is 4. The fraction of sp³-hybridized carbons (Fsp3) is 0.391. The van der Waals surface area contributed by atoms with Gasteiger partial charge in [-0.3, -0.25) is 19.3 Å². The van der Waals surface area contributed by atoms with E-state index in [0.29, 0.717) is 6.54 Å². The first-order valence-electron chi connectivity index (χ1n) is 10.2. The van der Waals surface area contributed by atoms with Crippen LogP contribution in [0.5, 0.6) is 0 Å². The second-order valence-corrected chi connectivity index (χ2v) is 7.47. The van der Waals surface area contributed by atoms with E-state index in [2.05, 4.69) is 18.0 Å². The number of esters is 1. The summed E-state index contributed by atoms with van der Waals surface area (Å²) in [4.78, 5) is 50.4. The smallest absolute Gasteiger partial charge is 0.338 e. The molecule has 0 spiro atoms. The molecule has 158 valence electrons. The lowest BCUT2D eigenvalue weighted by atomic mass is 9.97. The number of imide groups is 1. The Morgan fingerprint density at radius 3 is 2.70 bits per heavy atom. The van der Waals surface area contributed by atoms with Crippen molar-refractivity contribution in [2.24, 2.45) is 0 Å². The zero-order chi connectivity index (χ0) is 21.7. The zero-order valence-electron chi connectivity index (χ0n) is 17.1. The number of fused-ring (bicyclic) bond motifs is 1. The minimum absolute atomic E-state index is 0.0975. The molecule has 3 rings (SSSR count). The van der Waals surface area contributed by atoms with Crippen LogP contribution in [-0.4, -0.2) is 47.8 Å². The molecule has 1 N–H and O–H groups in total. The molecule has 0 radical (unpaired) electrons. The monoisotopic (exact) mass is 410 g/mol. The Morgan fingerprint density at radius 2 is 2.00 bits per heavy atom. The van der Waals surface area contributed by atoms with Crippen LogP contribution in [-0.2, 0) is 9.53 Å². The molecule has 1 atom stereocenters. The molecule has 30 heavy (non-hydrogen) atoms. The van der Waals surface area contributed by atoms with Gasteiger partial charge in [0, 0.05) is 13.1 Å². The van der Waals surface area contributed by atoms with Crippen LogP contribution in [0.15, 0.2) is 42.5 Å². The van der Waals surface area contributed by atoms with Crippen molar-refractivity contribution in [3.8, 4) is 0 Å². The van der Waals surface area contributed by atoms with Crippen LogP contribution in [0.3, 0.4) is 0 Å². The summed E-state index contributed by atoms with van der Waals surface area (Å²) in [6.45, 7) is 5.64. The number of allylic oxidation sites excluding steroid dienone is 1. The summed E-state index contributed by atoms with van der Waals surface area (Å²) in [6, 6.07) is 4.18. The summed E-state index contributed by atoms with van der Waals surface area (Å²) >= 11 is 0. The van der Waals surface area contributed by atoms with Crippen molar-refractivity contribution in [1.29, 1.82) is 0 Å². The molecule has 0 saturated carbocycles. The average Bonchev–Trinajstić information content (AvgIpc) is 2.99. The number of ether oxygens (including phenoxy) is 1. The van der Waals surface area contributed by atoms with Crippen molar-refractivity contribution in [2.45, 2.75) is 45.1 Å². The van der Waals surface area contributed by atoms with Gasteiger partial charge < -0.3 is 10.1 Å². The third kappa shape index (κ3) is 4.67. The van der Waals surface area contributed by atoms with Crippen LogP contribution >= 0.6 is 0 Å². The Hall–Kier alpha value is -3.22. The maximum Gasteiger partial charge on any atom is 0.338 e. The molecule has 1 aromatic carbocycles. The quantitative estimate of drug-likeness (QED) is 0.404. The minimum atomic E-state index is -0.972. The molecule has 3 amide bonds. The number of nitrogens with zero attached hydrogens (tertiary/aromatic N) is 1. The fourth-order valence-corrected chi connectivity index (χ4v) is 3.62. The van der Waals surface area contributed by atoms with Gasteiger partial charge in [0.25, 0.3) is 17.7 Å². The van der Waals surface area contributed by atoms with E-state index in [1.165, 1.54) is 49.6 Å². The van der Waals surface area contributed by atoms with Gasteiger partial charge >= 0.3 is 5.97 Å². The molecule has 0 fully saturated rings. The average molecular weight is 410 g/mol. The lowest BCUT2D eigenvalue weighted by molar-refractivity contribution is -0.129. The lowest BCUT2D eigenvalue weighted by Gasteiger charge is -2.15. The molecule has 0 saturated heterocycles. The third-order valence-corrected chi connectivity index (χ3v) is 5.30. The maximum absolute atomic E-state index is 12.4. The molecule has 2 aliphatic rings. The third-order valence-electron chi connectivity index (χ3n) is 5.30. The molecule has 7 heteroatoms. The SMILES string of the molecule is C=CCN1C(=O)c2ccc(C(=O)O[C@H](C)C(=O)NCCC3=CCCCC3)cc2C1=O. The Kier molecular flexibility index (Phi) is 6.82. The van der Waals surface area contributed by atoms with E-state index in [9.17, 15) is 19.2 Å². The first-order chi connectivity index (χ1) is 14.4. The van der Waals surface area contributed by atoms with Crippen molar-refractivity contribution in [3.05, 3.63) is 59.2 Å². The number of benzene rings is 1. The summed E-state index contributed by atoms with van der Waals surface area (Å²) < 4.78 is 5.25. The zero-order valence-corrected chi connectivity index (χ0v) is 17.1. The number of carbonyl (C=O) groups excluding carboxylic acids is 4. The van der Waals surface area contributed by atoms with Gasteiger partial charge in [0.1, 0.15) is 0 Å². The first kappa shape index (κ1) is 21.5. The predicted molar refractivity (Wildman–Crippen MR) is 111 cm³/mol. The van der Waals surface area contributed by atoms with E-state index in [-0.39, 0.29) is 29.1 Å². The minimum Gasteiger partial charge on any atom is -0.449 e. The summed E-state index contributed by atoms with van der Waals surface area (Å²) in [7, 11) is 0. The summed E-state index contributed by atoms with van der Waals surface area (Å²) in [5.41, 5.74) is 1.85. The molecule has 1 aliphatic heterocycles. The molecule has 1 heterocycles. The summed E-state index contributed by atoms with van der Waals surface area (Å²) in [6.07, 6.45) is 8.10. The Bertz CT molecular complexity index is 918. The molecule has 7 nitrogen and oxygen atoms in total. The largest absolute Gasteiger partial charge is 0.449 e. The molecule has 0 aromatic heterocycles. The van der Waals surface area contributed by atoms with Crippen LogP contribution in [0, 0.1) is 0 Å². The molecular weight excluding hydrogens is 384 g/mol. The summed E-state index contributed by atoms with van der Waals surface area (Å²) in [5, 5.41) is 2.79. The van der Waals surface area contributed by atoms with Crippen LogP contribution in [0.2, 0.25) is 0 Å². The second kappa shape index (κ2) is 9.52. The van der Waals surface area contributed by atoms with Crippen LogP contribution in [0.1, 0.15) is 70.1 Å². The number of hydrogen-bond acceptors (Lipinski definition) is 5. The van der Waals surface area contributed by atoms with E-state index in [1.807, 2.05) is 0 Å². The highest BCUT2D eigenvalue weighted by atomic mass is 16.5. The van der Waals surface area contributed by atoms with Crippen molar-refractivity contribution >= 4 is 23.7 Å². The number of amides is 3. The second-order valence-electron chi connectivity index (χ2n) is 7.47. The standard InChI is InChI=1S/C23H26N2O5/c1-3-13-25-21(27)18-10-9-17(14-19(18)22(25)28)23(29)30-15(2)20(26)24-12-11-16-7-5-4-6-8-16/h3,7,9-10,14-15H,1,4-6,8,11-13H2,2H3,(H,24,26)/t15-/m1/s1. The number of hydrogen-bond donors (Lipinski definition) is 1. The highest BCUT2D eigenvalue weighted by Crippen LogP contribution is 2.24. The van der Waals surface area contributed by atoms with Gasteiger partial charge in [-0.25, -0.2) is 4.79 Å². The van der Waals surface area contributed by atoms with E-state index < -0.39 is 23.9 Å². The van der Waals surface area contributed by atoms with Gasteiger partial charge in [0.05, 0.1) is 16.7 Å². The highest BCUT2D eigenvalue weighted by molar-refractivity contribution is 6.22. The lowest BCUT2D eigenvalue weighted by Crippen LogP contribution is -2.36. The van der Waals surface area contributed by atoms with Gasteiger partial charge in [-0.2, -0.15) is 0 Å². The van der Waals surface area contributed by atoms with E-state index in [0.717, 1.165) is 24.2 Å². The Balaban J connectivity index is 1.56. The maximum atomic E-state index is 12.4. The molecule has 0 bridgehead atoms. The van der Waals surface area contributed by atoms with Crippen molar-refractivity contribution in [2.75, 3.05) is 13.1 Å². The predicted octanol–water partition coefficient (Wildman–Crippen LogP) is 3.02. The Labute approximate surface area is 175 Å². The fourth-order valence-electron chi connectivity index (χ4n) is 3.62. The van der Waals surface area contributed by atoms with Crippen LogP contribution < -0.4 is 5.32 Å². The van der Waals surface area contributed by atoms with Crippen molar-refractivity contribution < 1.29 is 23.9 Å². The Morgan fingerprint density at radius 1 is 1.23 bits per heavy atom. The van der Waals surface area contributed by atoms with E-state index >= 15 is 0 Å². The molecule has 1 aromatic rings. The normalized spacial score (nSPS) is 16.6. The number of rotatable bonds is 8. The molecular formula is C23H26N2O5. The topological polar surface area (TPSA) is 92.8 Å². The van der Waals surface area contributed by atoms with Crippen LogP contribution in [0.25, 0.3) is 0 Å². The van der Waals surface area contributed by atoms with Gasteiger partial charge in [-0.05, 0) is 57.2 Å². The molecule has 0 unspecified atom stereocenters. The first-order valence-corrected chi connectivity index (χ1v) is 10.2. The summed E-state index contributed by atoms with van der Waals surface area (Å²) in [5.74, 6) is -2.00. The van der Waals surface area contributed by atoms with Gasteiger partial charge in [-0.1, -0.05) is 17.7 Å². The van der Waals surface area contributed by atoms with Crippen molar-refractivity contribution in [3.63, 3.8) is 0 Å². The highest BCUT2D eigenvalue weighted by Gasteiger charge is 2.35. The van der Waals surface area contributed by atoms with Crippen LogP contribution in [0.4, 0.5) is 0 Å².